The van der Waals surface area contributed by atoms with Gasteiger partial charge in [0.2, 0.25) is 0 Å². The zero-order valence-electron chi connectivity index (χ0n) is 17.1. The van der Waals surface area contributed by atoms with Crippen LogP contribution in [0.25, 0.3) is 5.69 Å². The van der Waals surface area contributed by atoms with E-state index in [0.29, 0.717) is 16.8 Å². The first-order valence-electron chi connectivity index (χ1n) is 9.77. The fourth-order valence-corrected chi connectivity index (χ4v) is 4.07. The fourth-order valence-electron chi connectivity index (χ4n) is 3.28. The molecule has 31 heavy (non-hydrogen) atoms. The molecule has 3 N–H and O–H groups in total. The monoisotopic (exact) mass is 438 g/mol. The summed E-state index contributed by atoms with van der Waals surface area (Å²) in [5.74, 6) is -0.861. The van der Waals surface area contributed by atoms with Gasteiger partial charge in [-0.1, -0.05) is 36.4 Å². The van der Waals surface area contributed by atoms with Crippen molar-refractivity contribution in [3.05, 3.63) is 70.8 Å². The highest BCUT2D eigenvalue weighted by Gasteiger charge is 2.30. The second-order valence-electron chi connectivity index (χ2n) is 7.69. The minimum Gasteiger partial charge on any atom is -0.383 e. The molecule has 1 saturated carbocycles. The van der Waals surface area contributed by atoms with E-state index in [0.717, 1.165) is 24.7 Å². The normalized spacial score (nSPS) is 13.7. The van der Waals surface area contributed by atoms with Crippen LogP contribution in [0.4, 0.5) is 5.82 Å². The Morgan fingerprint density at radius 3 is 2.39 bits per heavy atom. The lowest BCUT2D eigenvalue weighted by atomic mass is 10.1. The molecule has 2 aromatic carbocycles. The number of nitrogens with one attached hydrogen (secondary N) is 1. The maximum atomic E-state index is 13.1. The summed E-state index contributed by atoms with van der Waals surface area (Å²) in [5.41, 5.74) is 7.94. The predicted molar refractivity (Wildman–Crippen MR) is 116 cm³/mol. The summed E-state index contributed by atoms with van der Waals surface area (Å²) < 4.78 is 26.1. The number of nitrogens with zero attached hydrogens (tertiary/aromatic N) is 2. The largest absolute Gasteiger partial charge is 0.383 e. The van der Waals surface area contributed by atoms with Gasteiger partial charge in [-0.3, -0.25) is 9.59 Å². The molecule has 1 fully saturated rings. The highest BCUT2D eigenvalue weighted by Crippen LogP contribution is 2.29. The molecule has 0 saturated heterocycles. The Balaban J connectivity index is 1.86. The number of aromatic nitrogens is 2. The Kier molecular flexibility index (Phi) is 5.14. The van der Waals surface area contributed by atoms with E-state index in [-0.39, 0.29) is 23.3 Å². The number of hydrogen-bond donors (Lipinski definition) is 2. The first kappa shape index (κ1) is 20.8. The Morgan fingerprint density at radius 1 is 1.10 bits per heavy atom. The lowest BCUT2D eigenvalue weighted by molar-refractivity contribution is 0.0950. The third-order valence-electron chi connectivity index (χ3n) is 5.12. The molecule has 0 bridgehead atoms. The topological polar surface area (TPSA) is 124 Å². The number of sulfone groups is 1. The summed E-state index contributed by atoms with van der Waals surface area (Å²) in [6, 6.07) is 13.5. The lowest BCUT2D eigenvalue weighted by Gasteiger charge is -2.11. The fraction of sp³-hybridized carbons (Fsp3) is 0.227. The number of nitrogens with two attached hydrogens (primary N) is 1. The van der Waals surface area contributed by atoms with Crippen molar-refractivity contribution in [2.24, 2.45) is 0 Å². The zero-order valence-corrected chi connectivity index (χ0v) is 17.9. The number of aryl methyl sites for hydroxylation is 1. The van der Waals surface area contributed by atoms with E-state index < -0.39 is 20.6 Å². The van der Waals surface area contributed by atoms with Gasteiger partial charge < -0.3 is 11.1 Å². The summed E-state index contributed by atoms with van der Waals surface area (Å²) in [7, 11) is -3.86. The number of hydrogen-bond acceptors (Lipinski definition) is 6. The van der Waals surface area contributed by atoms with Crippen molar-refractivity contribution in [2.75, 3.05) is 12.0 Å². The van der Waals surface area contributed by atoms with Crippen molar-refractivity contribution >= 4 is 27.3 Å². The maximum absolute atomic E-state index is 13.1. The van der Waals surface area contributed by atoms with Gasteiger partial charge in [-0.2, -0.15) is 5.10 Å². The smallest absolute Gasteiger partial charge is 0.251 e. The molecule has 9 heteroatoms. The van der Waals surface area contributed by atoms with E-state index in [9.17, 15) is 18.0 Å². The van der Waals surface area contributed by atoms with Crippen LogP contribution in [0.15, 0.2) is 53.6 Å². The quantitative estimate of drug-likeness (QED) is 0.569. The Hall–Kier alpha value is -3.46. The molecule has 1 heterocycles. The van der Waals surface area contributed by atoms with Crippen LogP contribution in [0.1, 0.15) is 44.7 Å². The molecule has 0 atom stereocenters. The van der Waals surface area contributed by atoms with Crippen molar-refractivity contribution < 1.29 is 18.0 Å². The molecule has 8 nitrogen and oxygen atoms in total. The highest BCUT2D eigenvalue weighted by atomic mass is 32.2. The Bertz CT molecular complexity index is 1290. The predicted octanol–water partition coefficient (Wildman–Crippen LogP) is 2.29. The third kappa shape index (κ3) is 4.09. The van der Waals surface area contributed by atoms with Crippen LogP contribution in [-0.4, -0.2) is 42.2 Å². The zero-order chi connectivity index (χ0) is 22.3. The molecule has 0 spiro atoms. The molecule has 160 valence electrons. The van der Waals surface area contributed by atoms with E-state index in [4.69, 9.17) is 5.73 Å². The van der Waals surface area contributed by atoms with Gasteiger partial charge in [0.05, 0.1) is 5.69 Å². The second-order valence-corrected chi connectivity index (χ2v) is 9.62. The number of nitrogen functional groups attached to an aromatic ring is 1. The van der Waals surface area contributed by atoms with Crippen LogP contribution >= 0.6 is 0 Å². The number of carbonyl (C=O) groups excluding carboxylic acids is 2. The van der Waals surface area contributed by atoms with E-state index in [1.54, 1.807) is 55.5 Å². The van der Waals surface area contributed by atoms with Crippen LogP contribution in [0.3, 0.4) is 0 Å². The molecular weight excluding hydrogens is 416 g/mol. The number of amides is 1. The standard InChI is InChI=1S/C22H22N4O4S/c1-13-8-9-15(21(28)24-16-10-11-16)12-17(13)26-20(23)18(22(25-26)31(2,29)30)19(27)14-6-4-3-5-7-14/h3-9,12,16H,10-11,23H2,1-2H3,(H,24,28). The van der Waals surface area contributed by atoms with Crippen molar-refractivity contribution in [2.45, 2.75) is 30.8 Å². The summed E-state index contributed by atoms with van der Waals surface area (Å²) in [5, 5.41) is 6.70. The van der Waals surface area contributed by atoms with Gasteiger partial charge in [0, 0.05) is 23.4 Å². The first-order chi connectivity index (χ1) is 14.7. The number of ketones is 1. The number of rotatable bonds is 6. The second kappa shape index (κ2) is 7.66. The Morgan fingerprint density at radius 2 is 1.77 bits per heavy atom. The van der Waals surface area contributed by atoms with Gasteiger partial charge in [0.1, 0.15) is 11.4 Å². The third-order valence-corrected chi connectivity index (χ3v) is 6.10. The summed E-state index contributed by atoms with van der Waals surface area (Å²) in [4.78, 5) is 25.6. The van der Waals surface area contributed by atoms with Crippen molar-refractivity contribution in [3.8, 4) is 5.69 Å². The van der Waals surface area contributed by atoms with Crippen LogP contribution in [0.5, 0.6) is 0 Å². The first-order valence-corrected chi connectivity index (χ1v) is 11.7. The average molecular weight is 439 g/mol. The van der Waals surface area contributed by atoms with Gasteiger partial charge in [0.25, 0.3) is 5.91 Å². The molecule has 1 aliphatic rings. The van der Waals surface area contributed by atoms with Crippen molar-refractivity contribution in [1.82, 2.24) is 15.1 Å². The van der Waals surface area contributed by atoms with Gasteiger partial charge in [-0.15, -0.1) is 0 Å². The van der Waals surface area contributed by atoms with Gasteiger partial charge in [-0.05, 0) is 37.5 Å². The van der Waals surface area contributed by atoms with Gasteiger partial charge in [0.15, 0.2) is 20.6 Å². The average Bonchev–Trinajstić information content (AvgIpc) is 3.47. The molecule has 0 radical (unpaired) electrons. The Labute approximate surface area is 180 Å². The van der Waals surface area contributed by atoms with Crippen LogP contribution in [0, 0.1) is 6.92 Å². The summed E-state index contributed by atoms with van der Waals surface area (Å²) in [6.07, 6.45) is 2.89. The molecule has 1 aromatic heterocycles. The van der Waals surface area contributed by atoms with Crippen LogP contribution in [-0.2, 0) is 9.84 Å². The maximum Gasteiger partial charge on any atom is 0.251 e. The number of benzene rings is 2. The van der Waals surface area contributed by atoms with Crippen LogP contribution < -0.4 is 11.1 Å². The van der Waals surface area contributed by atoms with E-state index in [1.807, 2.05) is 0 Å². The van der Waals surface area contributed by atoms with Gasteiger partial charge in [-0.25, -0.2) is 13.1 Å². The molecule has 4 rings (SSSR count). The lowest BCUT2D eigenvalue weighted by Crippen LogP contribution is -2.25. The van der Waals surface area contributed by atoms with Gasteiger partial charge >= 0.3 is 0 Å². The molecule has 1 aliphatic carbocycles. The van der Waals surface area contributed by atoms with Crippen molar-refractivity contribution in [1.29, 1.82) is 0 Å². The van der Waals surface area contributed by atoms with E-state index >= 15 is 0 Å². The minimum atomic E-state index is -3.86. The summed E-state index contributed by atoms with van der Waals surface area (Å²) >= 11 is 0. The molecule has 3 aromatic rings. The van der Waals surface area contributed by atoms with E-state index in [1.165, 1.54) is 4.68 Å². The molecule has 1 amide bonds. The van der Waals surface area contributed by atoms with E-state index in [2.05, 4.69) is 10.4 Å². The molecule has 0 unspecified atom stereocenters. The van der Waals surface area contributed by atoms with Crippen molar-refractivity contribution in [3.63, 3.8) is 0 Å². The number of anilines is 1. The molecule has 0 aliphatic heterocycles. The summed E-state index contributed by atoms with van der Waals surface area (Å²) in [6.45, 7) is 1.79. The molecular formula is C22H22N4O4S. The van der Waals surface area contributed by atoms with Crippen LogP contribution in [0.2, 0.25) is 0 Å². The highest BCUT2D eigenvalue weighted by molar-refractivity contribution is 7.90. The number of carbonyl (C=O) groups is 2. The minimum absolute atomic E-state index is 0.0999. The SMILES string of the molecule is Cc1ccc(C(=O)NC2CC2)cc1-n1nc(S(C)(=O)=O)c(C(=O)c2ccccc2)c1N.